The second-order valence-corrected chi connectivity index (χ2v) is 7.89. The third kappa shape index (κ3) is 4.22. The zero-order valence-corrected chi connectivity index (χ0v) is 14.8. The Balaban J connectivity index is 1.55. The Morgan fingerprint density at radius 1 is 1.00 bits per heavy atom. The molecule has 2 heterocycles. The highest BCUT2D eigenvalue weighted by Crippen LogP contribution is 2.25. The van der Waals surface area contributed by atoms with Crippen LogP contribution in [0.4, 0.5) is 0 Å². The molecule has 2 atom stereocenters. The molecule has 2 unspecified atom stereocenters. The number of piperidine rings is 1. The molecule has 1 saturated carbocycles. The van der Waals surface area contributed by atoms with Crippen LogP contribution >= 0.6 is 0 Å². The van der Waals surface area contributed by atoms with Crippen LogP contribution in [0.2, 0.25) is 0 Å². The van der Waals surface area contributed by atoms with Crippen molar-refractivity contribution in [3.8, 4) is 0 Å². The summed E-state index contributed by atoms with van der Waals surface area (Å²) in [6.07, 6.45) is 8.57. The van der Waals surface area contributed by atoms with Crippen molar-refractivity contribution < 1.29 is 0 Å². The number of hydrogen-bond acceptors (Lipinski definition) is 4. The summed E-state index contributed by atoms with van der Waals surface area (Å²) in [7, 11) is 4.64. The van der Waals surface area contributed by atoms with Gasteiger partial charge in [-0.15, -0.1) is 0 Å². The average Bonchev–Trinajstić information content (AvgIpc) is 2.57. The first kappa shape index (κ1) is 16.7. The summed E-state index contributed by atoms with van der Waals surface area (Å²) in [5.41, 5.74) is 0. The lowest BCUT2D eigenvalue weighted by atomic mass is 9.88. The van der Waals surface area contributed by atoms with Crippen molar-refractivity contribution in [2.24, 2.45) is 5.92 Å². The van der Waals surface area contributed by atoms with Crippen molar-refractivity contribution in [3.05, 3.63) is 0 Å². The summed E-state index contributed by atoms with van der Waals surface area (Å²) >= 11 is 0. The van der Waals surface area contributed by atoms with Crippen molar-refractivity contribution in [2.45, 2.75) is 50.6 Å². The van der Waals surface area contributed by atoms with Crippen molar-refractivity contribution >= 4 is 0 Å². The van der Waals surface area contributed by atoms with Crippen LogP contribution in [0.5, 0.6) is 0 Å². The van der Waals surface area contributed by atoms with E-state index in [2.05, 4.69) is 34.1 Å². The van der Waals surface area contributed by atoms with Crippen LogP contribution in [0.1, 0.15) is 38.5 Å². The van der Waals surface area contributed by atoms with Crippen LogP contribution < -0.4 is 5.32 Å². The van der Waals surface area contributed by atoms with Gasteiger partial charge in [-0.25, -0.2) is 0 Å². The first-order valence-corrected chi connectivity index (χ1v) is 9.57. The molecule has 2 saturated heterocycles. The van der Waals surface area contributed by atoms with Crippen LogP contribution in [-0.4, -0.2) is 86.7 Å². The molecule has 3 aliphatic rings. The molecular weight excluding hydrogens is 272 g/mol. The minimum Gasteiger partial charge on any atom is -0.315 e. The monoisotopic (exact) mass is 308 g/mol. The molecule has 0 spiro atoms. The van der Waals surface area contributed by atoms with E-state index in [1.54, 1.807) is 0 Å². The molecule has 0 bridgehead atoms. The topological polar surface area (TPSA) is 21.8 Å². The van der Waals surface area contributed by atoms with E-state index in [4.69, 9.17) is 0 Å². The number of likely N-dealkylation sites (N-methyl/N-ethyl adjacent to an activating group) is 1. The van der Waals surface area contributed by atoms with Gasteiger partial charge in [-0.3, -0.25) is 4.90 Å². The van der Waals surface area contributed by atoms with Crippen molar-refractivity contribution in [1.29, 1.82) is 0 Å². The fraction of sp³-hybridized carbons (Fsp3) is 1.00. The zero-order chi connectivity index (χ0) is 15.4. The molecule has 4 nitrogen and oxygen atoms in total. The van der Waals surface area contributed by atoms with E-state index in [0.717, 1.165) is 18.0 Å². The number of nitrogens with one attached hydrogen (secondary N) is 1. The summed E-state index contributed by atoms with van der Waals surface area (Å²) in [6, 6.07) is 1.62. The predicted octanol–water partition coefficient (Wildman–Crippen LogP) is 1.48. The quantitative estimate of drug-likeness (QED) is 0.849. The largest absolute Gasteiger partial charge is 0.315 e. The first-order valence-electron chi connectivity index (χ1n) is 9.57. The third-order valence-electron chi connectivity index (χ3n) is 6.32. The summed E-state index contributed by atoms with van der Waals surface area (Å²) in [5.74, 6) is 0.858. The molecule has 4 heteroatoms. The fourth-order valence-electron chi connectivity index (χ4n) is 4.73. The highest BCUT2D eigenvalue weighted by Gasteiger charge is 2.33. The fourth-order valence-corrected chi connectivity index (χ4v) is 4.73. The Bertz CT molecular complexity index is 321. The van der Waals surface area contributed by atoms with Crippen molar-refractivity contribution in [3.63, 3.8) is 0 Å². The van der Waals surface area contributed by atoms with Gasteiger partial charge >= 0.3 is 0 Å². The number of rotatable bonds is 4. The maximum atomic E-state index is 3.65. The molecule has 3 rings (SSSR count). The SMILES string of the molecule is CN1CCN(C2CNCCC2CN(C)C2CCCCC2)CC1. The summed E-state index contributed by atoms with van der Waals surface area (Å²) < 4.78 is 0. The van der Waals surface area contributed by atoms with E-state index in [0.29, 0.717) is 0 Å². The highest BCUT2D eigenvalue weighted by molar-refractivity contribution is 4.90. The van der Waals surface area contributed by atoms with Crippen LogP contribution in [0.3, 0.4) is 0 Å². The van der Waals surface area contributed by atoms with E-state index in [9.17, 15) is 0 Å². The first-order chi connectivity index (χ1) is 10.7. The van der Waals surface area contributed by atoms with Gasteiger partial charge < -0.3 is 15.1 Å². The van der Waals surface area contributed by atoms with E-state index in [-0.39, 0.29) is 0 Å². The molecule has 2 aliphatic heterocycles. The van der Waals surface area contributed by atoms with Crippen molar-refractivity contribution in [1.82, 2.24) is 20.0 Å². The maximum Gasteiger partial charge on any atom is 0.0262 e. The molecular formula is C18H36N4. The molecule has 1 N–H and O–H groups in total. The molecule has 3 fully saturated rings. The third-order valence-corrected chi connectivity index (χ3v) is 6.32. The second-order valence-electron chi connectivity index (χ2n) is 7.89. The molecule has 0 radical (unpaired) electrons. The van der Waals surface area contributed by atoms with Gasteiger partial charge in [0.2, 0.25) is 0 Å². The van der Waals surface area contributed by atoms with Gasteiger partial charge in [0, 0.05) is 51.4 Å². The van der Waals surface area contributed by atoms with Gasteiger partial charge in [-0.2, -0.15) is 0 Å². The molecule has 1 aliphatic carbocycles. The van der Waals surface area contributed by atoms with E-state index in [1.807, 2.05) is 0 Å². The highest BCUT2D eigenvalue weighted by atomic mass is 15.3. The predicted molar refractivity (Wildman–Crippen MR) is 93.3 cm³/mol. The van der Waals surface area contributed by atoms with Gasteiger partial charge in [0.25, 0.3) is 0 Å². The molecule has 0 aromatic carbocycles. The van der Waals surface area contributed by atoms with Crippen molar-refractivity contribution in [2.75, 3.05) is 59.9 Å². The minimum atomic E-state index is 0.758. The summed E-state index contributed by atoms with van der Waals surface area (Å²) in [4.78, 5) is 7.94. The molecule has 128 valence electrons. The van der Waals surface area contributed by atoms with Crippen LogP contribution in [0, 0.1) is 5.92 Å². The Labute approximate surface area is 137 Å². The van der Waals surface area contributed by atoms with E-state index in [1.165, 1.54) is 84.3 Å². The molecule has 0 aromatic rings. The minimum absolute atomic E-state index is 0.758. The summed E-state index contributed by atoms with van der Waals surface area (Å²) in [5, 5.41) is 3.65. The molecule has 0 aromatic heterocycles. The normalized spacial score (nSPS) is 33.4. The van der Waals surface area contributed by atoms with E-state index >= 15 is 0 Å². The van der Waals surface area contributed by atoms with Gasteiger partial charge in [0.05, 0.1) is 0 Å². The number of piperazine rings is 1. The lowest BCUT2D eigenvalue weighted by molar-refractivity contribution is 0.0447. The molecule has 0 amide bonds. The summed E-state index contributed by atoms with van der Waals surface area (Å²) in [6.45, 7) is 8.71. The average molecular weight is 309 g/mol. The Kier molecular flexibility index (Phi) is 6.14. The van der Waals surface area contributed by atoms with Crippen LogP contribution in [0.25, 0.3) is 0 Å². The van der Waals surface area contributed by atoms with Gasteiger partial charge in [-0.1, -0.05) is 19.3 Å². The lowest BCUT2D eigenvalue weighted by Gasteiger charge is -2.45. The zero-order valence-electron chi connectivity index (χ0n) is 14.8. The van der Waals surface area contributed by atoms with Gasteiger partial charge in [0.1, 0.15) is 0 Å². The second kappa shape index (κ2) is 8.09. The lowest BCUT2D eigenvalue weighted by Crippen LogP contribution is -2.58. The van der Waals surface area contributed by atoms with Gasteiger partial charge in [-0.05, 0) is 45.8 Å². The standard InChI is InChI=1S/C18H36N4/c1-20-10-12-22(13-11-20)18-14-19-9-8-16(18)15-21(2)17-6-4-3-5-7-17/h16-19H,3-15H2,1-2H3. The molecule has 22 heavy (non-hydrogen) atoms. The number of hydrogen-bond donors (Lipinski definition) is 1. The Morgan fingerprint density at radius 3 is 2.45 bits per heavy atom. The maximum absolute atomic E-state index is 3.65. The van der Waals surface area contributed by atoms with Crippen LogP contribution in [-0.2, 0) is 0 Å². The Hall–Kier alpha value is -0.160. The smallest absolute Gasteiger partial charge is 0.0262 e. The van der Waals surface area contributed by atoms with E-state index < -0.39 is 0 Å². The van der Waals surface area contributed by atoms with Gasteiger partial charge in [0.15, 0.2) is 0 Å². The Morgan fingerprint density at radius 2 is 1.73 bits per heavy atom. The number of nitrogens with zero attached hydrogens (tertiary/aromatic N) is 3. The van der Waals surface area contributed by atoms with Crippen LogP contribution in [0.15, 0.2) is 0 Å².